The Hall–Kier alpha value is -2.09. The van der Waals surface area contributed by atoms with Crippen LogP contribution in [0.3, 0.4) is 0 Å². The van der Waals surface area contributed by atoms with Crippen molar-refractivity contribution in [3.8, 4) is 11.3 Å². The van der Waals surface area contributed by atoms with E-state index in [9.17, 15) is 9.18 Å². The first-order valence-corrected chi connectivity index (χ1v) is 10.8. The molecule has 6 nitrogen and oxygen atoms in total. The fourth-order valence-corrected chi connectivity index (χ4v) is 4.13. The Bertz CT molecular complexity index is 891. The van der Waals surface area contributed by atoms with E-state index in [2.05, 4.69) is 20.6 Å². The summed E-state index contributed by atoms with van der Waals surface area (Å²) in [5.41, 5.74) is 1.99. The minimum absolute atomic E-state index is 0.0820. The summed E-state index contributed by atoms with van der Waals surface area (Å²) in [5, 5.41) is 6.78. The third kappa shape index (κ3) is 5.14. The van der Waals surface area contributed by atoms with E-state index in [4.69, 9.17) is 16.3 Å². The van der Waals surface area contributed by atoms with Gasteiger partial charge in [-0.1, -0.05) is 17.7 Å². The highest BCUT2D eigenvalue weighted by atomic mass is 35.5. The lowest BCUT2D eigenvalue weighted by Gasteiger charge is -2.22. The first-order chi connectivity index (χ1) is 14.6. The number of hydrogen-bond donors (Lipinski definition) is 2. The maximum Gasteiger partial charge on any atom is 0.146 e. The molecule has 2 saturated heterocycles. The van der Waals surface area contributed by atoms with Crippen molar-refractivity contribution in [3.63, 3.8) is 0 Å². The highest BCUT2D eigenvalue weighted by Crippen LogP contribution is 2.28. The molecule has 2 aliphatic rings. The van der Waals surface area contributed by atoms with Crippen molar-refractivity contribution in [3.05, 3.63) is 41.2 Å². The van der Waals surface area contributed by atoms with Gasteiger partial charge in [0.1, 0.15) is 17.8 Å². The molecule has 0 unspecified atom stereocenters. The van der Waals surface area contributed by atoms with Gasteiger partial charge in [-0.15, -0.1) is 0 Å². The van der Waals surface area contributed by atoms with E-state index in [1.54, 1.807) is 6.07 Å². The number of hydrogen-bond acceptors (Lipinski definition) is 6. The van der Waals surface area contributed by atoms with E-state index in [0.29, 0.717) is 34.4 Å². The monoisotopic (exact) mass is 432 g/mol. The van der Waals surface area contributed by atoms with Crippen molar-refractivity contribution in [1.82, 2.24) is 15.3 Å². The van der Waals surface area contributed by atoms with Crippen molar-refractivity contribution in [2.45, 2.75) is 25.4 Å². The molecule has 2 fully saturated rings. The van der Waals surface area contributed by atoms with Gasteiger partial charge in [-0.3, -0.25) is 9.78 Å². The summed E-state index contributed by atoms with van der Waals surface area (Å²) in [5.74, 6) is 0.604. The minimum Gasteiger partial charge on any atom is -0.381 e. The number of rotatable bonds is 7. The molecular formula is C22H26ClFN4O2. The van der Waals surface area contributed by atoms with Crippen LogP contribution < -0.4 is 10.6 Å². The van der Waals surface area contributed by atoms with E-state index < -0.39 is 12.1 Å². The van der Waals surface area contributed by atoms with Crippen LogP contribution in [0, 0.1) is 11.8 Å². The Morgan fingerprint density at radius 3 is 2.90 bits per heavy atom. The quantitative estimate of drug-likeness (QED) is 0.699. The molecule has 30 heavy (non-hydrogen) atoms. The second-order valence-corrected chi connectivity index (χ2v) is 8.33. The van der Waals surface area contributed by atoms with Crippen LogP contribution in [0.25, 0.3) is 11.3 Å². The maximum atomic E-state index is 13.9. The molecule has 8 heteroatoms. The summed E-state index contributed by atoms with van der Waals surface area (Å²) < 4.78 is 19.3. The normalized spacial score (nSPS) is 22.2. The molecule has 0 amide bonds. The molecule has 0 spiro atoms. The number of anilines is 1. The fourth-order valence-electron chi connectivity index (χ4n) is 3.93. The second kappa shape index (κ2) is 9.81. The number of aromatic nitrogens is 2. The molecule has 0 aromatic carbocycles. The van der Waals surface area contributed by atoms with Gasteiger partial charge in [0.05, 0.1) is 16.6 Å². The van der Waals surface area contributed by atoms with Gasteiger partial charge in [0, 0.05) is 56.7 Å². The zero-order valence-corrected chi connectivity index (χ0v) is 17.5. The number of ether oxygens (including phenoxy) is 1. The standard InChI is InChI=1S/C22H26ClFN4O2/c23-18-12-26-15(9-21(29)17-11-25-13-19(17)24)8-16(18)20-2-1-3-22(28-20)27-10-14-4-6-30-7-5-14/h1-3,8,12,14,17,19,25H,4-7,9-11,13H2,(H,27,28)/t17-,19+/m0/s1. The van der Waals surface area contributed by atoms with Crippen LogP contribution in [-0.4, -0.2) is 54.8 Å². The van der Waals surface area contributed by atoms with Crippen molar-refractivity contribution < 1.29 is 13.9 Å². The zero-order valence-electron chi connectivity index (χ0n) is 16.7. The Labute approximate surface area is 180 Å². The van der Waals surface area contributed by atoms with E-state index in [0.717, 1.165) is 38.4 Å². The number of carbonyl (C=O) groups excluding carboxylic acids is 1. The number of nitrogens with one attached hydrogen (secondary N) is 2. The summed E-state index contributed by atoms with van der Waals surface area (Å²) in [7, 11) is 0. The molecule has 160 valence electrons. The molecule has 2 N–H and O–H groups in total. The largest absolute Gasteiger partial charge is 0.381 e. The first-order valence-electron chi connectivity index (χ1n) is 10.4. The maximum absolute atomic E-state index is 13.9. The summed E-state index contributed by atoms with van der Waals surface area (Å²) >= 11 is 6.38. The van der Waals surface area contributed by atoms with E-state index in [1.807, 2.05) is 18.2 Å². The average Bonchev–Trinajstić information content (AvgIpc) is 3.20. The van der Waals surface area contributed by atoms with Crippen LogP contribution in [0.15, 0.2) is 30.5 Å². The third-order valence-electron chi connectivity index (χ3n) is 5.76. The van der Waals surface area contributed by atoms with E-state index >= 15 is 0 Å². The van der Waals surface area contributed by atoms with Crippen LogP contribution in [0.5, 0.6) is 0 Å². The van der Waals surface area contributed by atoms with E-state index in [1.165, 1.54) is 6.20 Å². The third-order valence-corrected chi connectivity index (χ3v) is 6.06. The Morgan fingerprint density at radius 1 is 1.30 bits per heavy atom. The SMILES string of the molecule is O=C(Cc1cc(-c2cccc(NCC3CCOCC3)n2)c(Cl)cn1)[C@H]1CNC[C@H]1F. The Kier molecular flexibility index (Phi) is 6.92. The molecule has 2 aliphatic heterocycles. The lowest BCUT2D eigenvalue weighted by atomic mass is 9.97. The zero-order chi connectivity index (χ0) is 20.9. The molecule has 0 radical (unpaired) electrons. The molecule has 2 aromatic heterocycles. The summed E-state index contributed by atoms with van der Waals surface area (Å²) in [6, 6.07) is 7.51. The van der Waals surface area contributed by atoms with Crippen molar-refractivity contribution in [1.29, 1.82) is 0 Å². The van der Waals surface area contributed by atoms with Gasteiger partial charge in [-0.05, 0) is 37.0 Å². The van der Waals surface area contributed by atoms with Crippen LogP contribution in [0.2, 0.25) is 5.02 Å². The van der Waals surface area contributed by atoms with Crippen LogP contribution in [-0.2, 0) is 16.0 Å². The Balaban J connectivity index is 1.46. The smallest absolute Gasteiger partial charge is 0.146 e. The van der Waals surface area contributed by atoms with Gasteiger partial charge in [-0.2, -0.15) is 0 Å². The number of carbonyl (C=O) groups is 1. The highest BCUT2D eigenvalue weighted by Gasteiger charge is 2.32. The molecule has 2 aromatic rings. The number of ketones is 1. The number of nitrogens with zero attached hydrogens (tertiary/aromatic N) is 2. The van der Waals surface area contributed by atoms with Crippen LogP contribution >= 0.6 is 11.6 Å². The minimum atomic E-state index is -1.13. The predicted molar refractivity (Wildman–Crippen MR) is 114 cm³/mol. The van der Waals surface area contributed by atoms with Gasteiger partial charge < -0.3 is 15.4 Å². The second-order valence-electron chi connectivity index (χ2n) is 7.92. The van der Waals surface area contributed by atoms with Crippen LogP contribution in [0.1, 0.15) is 18.5 Å². The fraction of sp³-hybridized carbons (Fsp3) is 0.500. The molecule has 4 heterocycles. The number of Topliss-reactive ketones (excluding diaryl/α,β-unsaturated/α-hetero) is 1. The van der Waals surface area contributed by atoms with Gasteiger partial charge in [0.2, 0.25) is 0 Å². The molecular weight excluding hydrogens is 407 g/mol. The summed E-state index contributed by atoms with van der Waals surface area (Å²) in [6.07, 6.45) is 2.58. The Morgan fingerprint density at radius 2 is 2.13 bits per heavy atom. The molecule has 4 rings (SSSR count). The van der Waals surface area contributed by atoms with Crippen molar-refractivity contribution >= 4 is 23.2 Å². The lowest BCUT2D eigenvalue weighted by Crippen LogP contribution is -2.25. The van der Waals surface area contributed by atoms with Gasteiger partial charge in [-0.25, -0.2) is 9.37 Å². The first kappa shape index (κ1) is 21.2. The van der Waals surface area contributed by atoms with Crippen LogP contribution in [0.4, 0.5) is 10.2 Å². The topological polar surface area (TPSA) is 76.1 Å². The molecule has 2 atom stereocenters. The summed E-state index contributed by atoms with van der Waals surface area (Å²) in [4.78, 5) is 21.4. The lowest BCUT2D eigenvalue weighted by molar-refractivity contribution is -0.123. The van der Waals surface area contributed by atoms with E-state index in [-0.39, 0.29) is 18.7 Å². The highest BCUT2D eigenvalue weighted by molar-refractivity contribution is 6.33. The van der Waals surface area contributed by atoms with Crippen molar-refractivity contribution in [2.75, 3.05) is 38.2 Å². The number of halogens is 2. The van der Waals surface area contributed by atoms with Gasteiger partial charge in [0.15, 0.2) is 0 Å². The average molecular weight is 433 g/mol. The van der Waals surface area contributed by atoms with Gasteiger partial charge in [0.25, 0.3) is 0 Å². The van der Waals surface area contributed by atoms with Crippen molar-refractivity contribution in [2.24, 2.45) is 11.8 Å². The predicted octanol–water partition coefficient (Wildman–Crippen LogP) is 3.30. The molecule has 0 aliphatic carbocycles. The number of pyridine rings is 2. The molecule has 0 bridgehead atoms. The molecule has 0 saturated carbocycles. The summed E-state index contributed by atoms with van der Waals surface area (Å²) in [6.45, 7) is 3.08. The van der Waals surface area contributed by atoms with Gasteiger partial charge >= 0.3 is 0 Å². The number of alkyl halides is 1.